The SMILES string of the molecule is FC(F)(F)Oc1ccc(-c2ncc(CCBr)cn2)cc1. The maximum atomic E-state index is 12.0. The third-order valence-electron chi connectivity index (χ3n) is 2.43. The summed E-state index contributed by atoms with van der Waals surface area (Å²) in [5.74, 6) is 0.194. The number of aryl methyl sites for hydroxylation is 1. The second-order valence-electron chi connectivity index (χ2n) is 3.93. The van der Waals surface area contributed by atoms with Crippen LogP contribution in [0.4, 0.5) is 13.2 Å². The lowest BCUT2D eigenvalue weighted by atomic mass is 10.2. The Bertz CT molecular complexity index is 555. The number of ether oxygens (including phenoxy) is 1. The van der Waals surface area contributed by atoms with Gasteiger partial charge in [0.05, 0.1) is 0 Å². The predicted octanol–water partition coefficient (Wildman–Crippen LogP) is 3.98. The molecule has 0 radical (unpaired) electrons. The van der Waals surface area contributed by atoms with Gasteiger partial charge in [-0.3, -0.25) is 0 Å². The monoisotopic (exact) mass is 346 g/mol. The predicted molar refractivity (Wildman–Crippen MR) is 71.6 cm³/mol. The van der Waals surface area contributed by atoms with Crippen LogP contribution in [0.25, 0.3) is 11.4 Å². The topological polar surface area (TPSA) is 35.0 Å². The molecule has 1 heterocycles. The van der Waals surface area contributed by atoms with Crippen molar-refractivity contribution in [3.05, 3.63) is 42.2 Å². The minimum atomic E-state index is -4.69. The highest BCUT2D eigenvalue weighted by atomic mass is 79.9. The van der Waals surface area contributed by atoms with Crippen molar-refractivity contribution in [3.8, 4) is 17.1 Å². The van der Waals surface area contributed by atoms with Gasteiger partial charge in [0.1, 0.15) is 5.75 Å². The van der Waals surface area contributed by atoms with E-state index in [4.69, 9.17) is 0 Å². The molecule has 0 aliphatic rings. The molecule has 0 saturated carbocycles. The van der Waals surface area contributed by atoms with Crippen LogP contribution in [0.15, 0.2) is 36.7 Å². The highest BCUT2D eigenvalue weighted by Gasteiger charge is 2.30. The first-order chi connectivity index (χ1) is 9.48. The zero-order valence-electron chi connectivity index (χ0n) is 10.2. The molecule has 3 nitrogen and oxygen atoms in total. The molecule has 0 aliphatic heterocycles. The summed E-state index contributed by atoms with van der Waals surface area (Å²) in [6, 6.07) is 5.44. The Balaban J connectivity index is 2.13. The fraction of sp³-hybridized carbons (Fsp3) is 0.231. The summed E-state index contributed by atoms with van der Waals surface area (Å²) in [7, 11) is 0. The van der Waals surface area contributed by atoms with Gasteiger partial charge in [0.2, 0.25) is 0 Å². The van der Waals surface area contributed by atoms with Crippen LogP contribution in [0, 0.1) is 0 Å². The highest BCUT2D eigenvalue weighted by molar-refractivity contribution is 9.09. The number of nitrogens with zero attached hydrogens (tertiary/aromatic N) is 2. The number of hydrogen-bond acceptors (Lipinski definition) is 3. The van der Waals surface area contributed by atoms with Crippen LogP contribution in [0.3, 0.4) is 0 Å². The van der Waals surface area contributed by atoms with E-state index in [1.807, 2.05) is 0 Å². The Morgan fingerprint density at radius 2 is 1.65 bits per heavy atom. The highest BCUT2D eigenvalue weighted by Crippen LogP contribution is 2.25. The van der Waals surface area contributed by atoms with E-state index in [2.05, 4.69) is 30.6 Å². The minimum absolute atomic E-state index is 0.267. The Hall–Kier alpha value is -1.63. The first-order valence-corrected chi connectivity index (χ1v) is 6.83. The number of aromatic nitrogens is 2. The van der Waals surface area contributed by atoms with Gasteiger partial charge in [0, 0.05) is 23.3 Å². The summed E-state index contributed by atoms with van der Waals surface area (Å²) in [4.78, 5) is 8.35. The van der Waals surface area contributed by atoms with Crippen molar-refractivity contribution in [2.75, 3.05) is 5.33 Å². The summed E-state index contributed by atoms with van der Waals surface area (Å²) >= 11 is 3.32. The second kappa shape index (κ2) is 6.21. The quantitative estimate of drug-likeness (QED) is 0.785. The fourth-order valence-electron chi connectivity index (χ4n) is 1.55. The lowest BCUT2D eigenvalue weighted by Crippen LogP contribution is -2.16. The van der Waals surface area contributed by atoms with Crippen LogP contribution in [0.2, 0.25) is 0 Å². The lowest BCUT2D eigenvalue weighted by Gasteiger charge is -2.09. The van der Waals surface area contributed by atoms with Crippen molar-refractivity contribution in [2.24, 2.45) is 0 Å². The molecule has 0 saturated heterocycles. The molecule has 0 N–H and O–H groups in total. The van der Waals surface area contributed by atoms with Gasteiger partial charge in [-0.15, -0.1) is 13.2 Å². The number of halogens is 4. The van der Waals surface area contributed by atoms with E-state index < -0.39 is 6.36 Å². The first kappa shape index (κ1) is 14.8. The molecule has 106 valence electrons. The molecule has 0 bridgehead atoms. The number of hydrogen-bond donors (Lipinski definition) is 0. The van der Waals surface area contributed by atoms with E-state index in [0.717, 1.165) is 17.3 Å². The van der Waals surface area contributed by atoms with Crippen LogP contribution in [-0.2, 0) is 6.42 Å². The van der Waals surface area contributed by atoms with Gasteiger partial charge < -0.3 is 4.74 Å². The standard InChI is InChI=1S/C13H10BrF3N2O/c14-6-5-9-7-18-12(19-8-9)10-1-3-11(4-2-10)20-13(15,16)17/h1-4,7-8H,5-6H2. The summed E-state index contributed by atoms with van der Waals surface area (Å²) in [6.45, 7) is 0. The van der Waals surface area contributed by atoms with E-state index in [1.165, 1.54) is 24.3 Å². The van der Waals surface area contributed by atoms with Crippen molar-refractivity contribution in [2.45, 2.75) is 12.8 Å². The molecule has 7 heteroatoms. The first-order valence-electron chi connectivity index (χ1n) is 5.71. The maximum Gasteiger partial charge on any atom is 0.573 e. The Kier molecular flexibility index (Phi) is 4.59. The van der Waals surface area contributed by atoms with Crippen LogP contribution >= 0.6 is 15.9 Å². The average Bonchev–Trinajstić information content (AvgIpc) is 2.39. The number of benzene rings is 1. The van der Waals surface area contributed by atoms with Gasteiger partial charge >= 0.3 is 6.36 Å². The molecular formula is C13H10BrF3N2O. The molecule has 1 aromatic heterocycles. The number of alkyl halides is 4. The summed E-state index contributed by atoms with van der Waals surface area (Å²) < 4.78 is 39.9. The summed E-state index contributed by atoms with van der Waals surface area (Å²) in [5, 5.41) is 0.819. The van der Waals surface area contributed by atoms with Crippen molar-refractivity contribution in [3.63, 3.8) is 0 Å². The molecular weight excluding hydrogens is 337 g/mol. The maximum absolute atomic E-state index is 12.0. The smallest absolute Gasteiger partial charge is 0.406 e. The van der Waals surface area contributed by atoms with Crippen molar-refractivity contribution in [1.82, 2.24) is 9.97 Å². The molecule has 0 unspecified atom stereocenters. The third-order valence-corrected chi connectivity index (χ3v) is 2.83. The van der Waals surface area contributed by atoms with Crippen LogP contribution in [-0.4, -0.2) is 21.7 Å². The molecule has 0 atom stereocenters. The van der Waals surface area contributed by atoms with Crippen molar-refractivity contribution in [1.29, 1.82) is 0 Å². The molecule has 0 fully saturated rings. The summed E-state index contributed by atoms with van der Waals surface area (Å²) in [5.41, 5.74) is 1.62. The van der Waals surface area contributed by atoms with Gasteiger partial charge in [-0.05, 0) is 36.2 Å². The Morgan fingerprint density at radius 3 is 2.15 bits per heavy atom. The molecule has 1 aromatic carbocycles. The molecule has 0 amide bonds. The van der Waals surface area contributed by atoms with Gasteiger partial charge in [0.25, 0.3) is 0 Å². The van der Waals surface area contributed by atoms with Gasteiger partial charge in [-0.1, -0.05) is 15.9 Å². The summed E-state index contributed by atoms with van der Waals surface area (Å²) in [6.07, 6.45) is -0.471. The zero-order chi connectivity index (χ0) is 14.6. The second-order valence-corrected chi connectivity index (χ2v) is 4.72. The van der Waals surface area contributed by atoms with E-state index in [1.54, 1.807) is 12.4 Å². The Morgan fingerprint density at radius 1 is 1.05 bits per heavy atom. The third kappa shape index (κ3) is 4.19. The fourth-order valence-corrected chi connectivity index (χ4v) is 2.01. The molecule has 0 spiro atoms. The number of rotatable bonds is 4. The van der Waals surface area contributed by atoms with Gasteiger partial charge in [-0.25, -0.2) is 9.97 Å². The molecule has 0 aliphatic carbocycles. The van der Waals surface area contributed by atoms with Gasteiger partial charge in [0.15, 0.2) is 5.82 Å². The normalized spacial score (nSPS) is 11.4. The van der Waals surface area contributed by atoms with Crippen LogP contribution in [0.5, 0.6) is 5.75 Å². The zero-order valence-corrected chi connectivity index (χ0v) is 11.8. The van der Waals surface area contributed by atoms with Gasteiger partial charge in [-0.2, -0.15) is 0 Å². The van der Waals surface area contributed by atoms with E-state index in [9.17, 15) is 13.2 Å². The largest absolute Gasteiger partial charge is 0.573 e. The van der Waals surface area contributed by atoms with E-state index >= 15 is 0 Å². The Labute approximate surface area is 122 Å². The molecule has 20 heavy (non-hydrogen) atoms. The molecule has 2 aromatic rings. The lowest BCUT2D eigenvalue weighted by molar-refractivity contribution is -0.274. The van der Waals surface area contributed by atoms with Crippen molar-refractivity contribution >= 4 is 15.9 Å². The van der Waals surface area contributed by atoms with Crippen molar-refractivity contribution < 1.29 is 17.9 Å². The van der Waals surface area contributed by atoms with E-state index in [-0.39, 0.29) is 5.75 Å². The molecule has 2 rings (SSSR count). The minimum Gasteiger partial charge on any atom is -0.406 e. The van der Waals surface area contributed by atoms with Crippen LogP contribution < -0.4 is 4.74 Å². The van der Waals surface area contributed by atoms with Crippen LogP contribution in [0.1, 0.15) is 5.56 Å². The average molecular weight is 347 g/mol. The van der Waals surface area contributed by atoms with E-state index in [0.29, 0.717) is 11.4 Å².